The molecule has 2 rings (SSSR count). The normalized spacial score (nSPS) is 16.8. The lowest BCUT2D eigenvalue weighted by molar-refractivity contribution is -0.120. The summed E-state index contributed by atoms with van der Waals surface area (Å²) in [6.45, 7) is 1.38. The molecule has 7 nitrogen and oxygen atoms in total. The number of H-pyrrole nitrogens is 1. The van der Waals surface area contributed by atoms with Crippen molar-refractivity contribution in [3.8, 4) is 0 Å². The molecule has 0 saturated carbocycles. The standard InChI is InChI=1S/C9H13N5O2/c10-8-6(5-12-13-8)9(16)14-3-1-7(15)11-2-4-14/h5H,1-4H2,(H,11,15)(H3,10,12,13). The van der Waals surface area contributed by atoms with Gasteiger partial charge in [0.05, 0.1) is 6.20 Å². The van der Waals surface area contributed by atoms with Gasteiger partial charge in [0, 0.05) is 26.1 Å². The Labute approximate surface area is 92.0 Å². The topological polar surface area (TPSA) is 104 Å². The number of anilines is 1. The Morgan fingerprint density at radius 2 is 2.31 bits per heavy atom. The molecular formula is C9H13N5O2. The van der Waals surface area contributed by atoms with Gasteiger partial charge in [-0.25, -0.2) is 0 Å². The monoisotopic (exact) mass is 223 g/mol. The number of hydrogen-bond donors (Lipinski definition) is 3. The highest BCUT2D eigenvalue weighted by molar-refractivity contribution is 5.98. The lowest BCUT2D eigenvalue weighted by atomic mass is 10.2. The fourth-order valence-electron chi connectivity index (χ4n) is 1.61. The molecule has 0 aliphatic carbocycles. The maximum atomic E-state index is 12.0. The first kappa shape index (κ1) is 10.5. The highest BCUT2D eigenvalue weighted by Gasteiger charge is 2.22. The third kappa shape index (κ3) is 1.97. The van der Waals surface area contributed by atoms with Crippen molar-refractivity contribution < 1.29 is 9.59 Å². The number of nitrogens with zero attached hydrogens (tertiary/aromatic N) is 2. The van der Waals surface area contributed by atoms with Crippen LogP contribution in [0.3, 0.4) is 0 Å². The predicted molar refractivity (Wildman–Crippen MR) is 56.5 cm³/mol. The molecule has 0 atom stereocenters. The van der Waals surface area contributed by atoms with Gasteiger partial charge >= 0.3 is 0 Å². The molecule has 1 aromatic heterocycles. The first-order chi connectivity index (χ1) is 7.68. The number of hydrogen-bond acceptors (Lipinski definition) is 4. The van der Waals surface area contributed by atoms with Crippen molar-refractivity contribution in [2.45, 2.75) is 6.42 Å². The summed E-state index contributed by atoms with van der Waals surface area (Å²) < 4.78 is 0. The van der Waals surface area contributed by atoms with Crippen molar-refractivity contribution in [1.29, 1.82) is 0 Å². The second kappa shape index (κ2) is 4.21. The van der Waals surface area contributed by atoms with Crippen LogP contribution in [0.5, 0.6) is 0 Å². The molecule has 7 heteroatoms. The molecule has 0 radical (unpaired) electrons. The highest BCUT2D eigenvalue weighted by atomic mass is 16.2. The van der Waals surface area contributed by atoms with E-state index in [1.165, 1.54) is 6.20 Å². The molecule has 1 aliphatic rings. The molecule has 16 heavy (non-hydrogen) atoms. The summed E-state index contributed by atoms with van der Waals surface area (Å²) in [6.07, 6.45) is 1.72. The number of aromatic amines is 1. The molecule has 2 amide bonds. The minimum Gasteiger partial charge on any atom is -0.383 e. The molecule has 1 aromatic rings. The van der Waals surface area contributed by atoms with Gasteiger partial charge in [0.1, 0.15) is 11.4 Å². The van der Waals surface area contributed by atoms with Crippen LogP contribution in [0.2, 0.25) is 0 Å². The van der Waals surface area contributed by atoms with Crippen molar-refractivity contribution in [3.63, 3.8) is 0 Å². The molecule has 0 spiro atoms. The van der Waals surface area contributed by atoms with E-state index in [9.17, 15) is 9.59 Å². The van der Waals surface area contributed by atoms with Crippen LogP contribution in [-0.4, -0.2) is 46.5 Å². The second-order valence-corrected chi connectivity index (χ2v) is 3.59. The molecule has 2 heterocycles. The van der Waals surface area contributed by atoms with Gasteiger partial charge in [-0.2, -0.15) is 5.10 Å². The summed E-state index contributed by atoms with van der Waals surface area (Å²) in [5.41, 5.74) is 5.92. The summed E-state index contributed by atoms with van der Waals surface area (Å²) in [5.74, 6) is 0.0340. The van der Waals surface area contributed by atoms with Gasteiger partial charge in [-0.05, 0) is 0 Å². The van der Waals surface area contributed by atoms with E-state index in [2.05, 4.69) is 15.5 Å². The SMILES string of the molecule is Nc1[nH]ncc1C(=O)N1CCNC(=O)CC1. The third-order valence-corrected chi connectivity index (χ3v) is 2.50. The summed E-state index contributed by atoms with van der Waals surface area (Å²) in [5, 5.41) is 8.91. The van der Waals surface area contributed by atoms with Gasteiger partial charge in [0.2, 0.25) is 5.91 Å². The van der Waals surface area contributed by atoms with E-state index in [1.807, 2.05) is 0 Å². The Morgan fingerprint density at radius 1 is 1.50 bits per heavy atom. The predicted octanol–water partition coefficient (Wildman–Crippen LogP) is -1.05. The van der Waals surface area contributed by atoms with Crippen LogP contribution < -0.4 is 11.1 Å². The van der Waals surface area contributed by atoms with Crippen molar-refractivity contribution in [3.05, 3.63) is 11.8 Å². The zero-order chi connectivity index (χ0) is 11.5. The molecule has 1 fully saturated rings. The molecular weight excluding hydrogens is 210 g/mol. The molecule has 0 aromatic carbocycles. The number of carbonyl (C=O) groups is 2. The van der Waals surface area contributed by atoms with Crippen LogP contribution in [0.1, 0.15) is 16.8 Å². The summed E-state index contributed by atoms with van der Waals surface area (Å²) in [6, 6.07) is 0. The number of amides is 2. The highest BCUT2D eigenvalue weighted by Crippen LogP contribution is 2.11. The maximum Gasteiger partial charge on any atom is 0.259 e. The van der Waals surface area contributed by atoms with E-state index in [1.54, 1.807) is 4.90 Å². The van der Waals surface area contributed by atoms with Gasteiger partial charge in [0.25, 0.3) is 5.91 Å². The van der Waals surface area contributed by atoms with Crippen LogP contribution in [0.4, 0.5) is 5.82 Å². The van der Waals surface area contributed by atoms with Gasteiger partial charge in [0.15, 0.2) is 0 Å². The zero-order valence-corrected chi connectivity index (χ0v) is 8.69. The summed E-state index contributed by atoms with van der Waals surface area (Å²) in [7, 11) is 0. The third-order valence-electron chi connectivity index (χ3n) is 2.50. The molecule has 4 N–H and O–H groups in total. The van der Waals surface area contributed by atoms with Crippen molar-refractivity contribution in [1.82, 2.24) is 20.4 Å². The number of aromatic nitrogens is 2. The number of nitrogens with one attached hydrogen (secondary N) is 2. The molecule has 86 valence electrons. The maximum absolute atomic E-state index is 12.0. The minimum atomic E-state index is -0.192. The van der Waals surface area contributed by atoms with E-state index < -0.39 is 0 Å². The Bertz CT molecular complexity index is 414. The average Bonchev–Trinajstić information content (AvgIpc) is 2.56. The first-order valence-corrected chi connectivity index (χ1v) is 5.03. The second-order valence-electron chi connectivity index (χ2n) is 3.59. The lowest BCUT2D eigenvalue weighted by Crippen LogP contribution is -2.34. The summed E-state index contributed by atoms with van der Waals surface area (Å²) in [4.78, 5) is 24.7. The van der Waals surface area contributed by atoms with Crippen molar-refractivity contribution in [2.24, 2.45) is 0 Å². The largest absolute Gasteiger partial charge is 0.383 e. The zero-order valence-electron chi connectivity index (χ0n) is 8.69. The summed E-state index contributed by atoms with van der Waals surface area (Å²) >= 11 is 0. The fourth-order valence-corrected chi connectivity index (χ4v) is 1.61. The van der Waals surface area contributed by atoms with Crippen LogP contribution in [-0.2, 0) is 4.79 Å². The average molecular weight is 223 g/mol. The Morgan fingerprint density at radius 3 is 3.00 bits per heavy atom. The van der Waals surface area contributed by atoms with Crippen molar-refractivity contribution in [2.75, 3.05) is 25.4 Å². The number of nitrogen functional groups attached to an aromatic ring is 1. The van der Waals surface area contributed by atoms with Crippen LogP contribution in [0, 0.1) is 0 Å². The van der Waals surface area contributed by atoms with E-state index >= 15 is 0 Å². The number of rotatable bonds is 1. The molecule has 0 bridgehead atoms. The van der Waals surface area contributed by atoms with E-state index in [0.29, 0.717) is 31.6 Å². The van der Waals surface area contributed by atoms with Gasteiger partial charge in [-0.1, -0.05) is 0 Å². The van der Waals surface area contributed by atoms with Crippen molar-refractivity contribution >= 4 is 17.6 Å². The lowest BCUT2D eigenvalue weighted by Gasteiger charge is -2.18. The first-order valence-electron chi connectivity index (χ1n) is 5.03. The van der Waals surface area contributed by atoms with Crippen LogP contribution >= 0.6 is 0 Å². The van der Waals surface area contributed by atoms with Crippen LogP contribution in [0.25, 0.3) is 0 Å². The Hall–Kier alpha value is -2.05. The van der Waals surface area contributed by atoms with Crippen LogP contribution in [0.15, 0.2) is 6.20 Å². The van der Waals surface area contributed by atoms with E-state index in [4.69, 9.17) is 5.73 Å². The smallest absolute Gasteiger partial charge is 0.259 e. The molecule has 1 aliphatic heterocycles. The minimum absolute atomic E-state index is 0.0320. The molecule has 1 saturated heterocycles. The van der Waals surface area contributed by atoms with Gasteiger partial charge < -0.3 is 16.0 Å². The quantitative estimate of drug-likeness (QED) is 0.565. The Balaban J connectivity index is 2.10. The Kier molecular flexibility index (Phi) is 2.76. The van der Waals surface area contributed by atoms with E-state index in [-0.39, 0.29) is 17.6 Å². The fraction of sp³-hybridized carbons (Fsp3) is 0.444. The number of carbonyl (C=O) groups excluding carboxylic acids is 2. The number of nitrogens with two attached hydrogens (primary N) is 1. The van der Waals surface area contributed by atoms with Gasteiger partial charge in [-0.15, -0.1) is 0 Å². The van der Waals surface area contributed by atoms with Gasteiger partial charge in [-0.3, -0.25) is 14.7 Å². The molecule has 0 unspecified atom stereocenters. The van der Waals surface area contributed by atoms with E-state index in [0.717, 1.165) is 0 Å².